The number of hydrogen-bond donors (Lipinski definition) is 1. The Balaban J connectivity index is 2.12. The fourth-order valence-corrected chi connectivity index (χ4v) is 2.64. The van der Waals surface area contributed by atoms with Crippen LogP contribution in [0.3, 0.4) is 0 Å². The number of rotatable bonds is 3. The topological polar surface area (TPSA) is 32.3 Å². The van der Waals surface area contributed by atoms with Crippen molar-refractivity contribution in [1.82, 2.24) is 10.2 Å². The van der Waals surface area contributed by atoms with Gasteiger partial charge in [-0.15, -0.1) is 0 Å². The fraction of sp³-hybridized carbons (Fsp3) is 0.533. The third-order valence-electron chi connectivity index (χ3n) is 3.89. The number of likely N-dealkylation sites (tertiary alicyclic amines) is 1. The molecular weight excluding hydrogens is 262 g/mol. The average Bonchev–Trinajstić information content (AvgIpc) is 2.44. The predicted molar refractivity (Wildman–Crippen MR) is 73.6 cm³/mol. The third-order valence-corrected chi connectivity index (χ3v) is 3.89. The minimum absolute atomic E-state index is 0.291. The van der Waals surface area contributed by atoms with Gasteiger partial charge in [0.1, 0.15) is 17.2 Å². The van der Waals surface area contributed by atoms with E-state index in [4.69, 9.17) is 0 Å². The summed E-state index contributed by atoms with van der Waals surface area (Å²) in [6.07, 6.45) is 1.73. The van der Waals surface area contributed by atoms with E-state index in [-0.39, 0.29) is 0 Å². The zero-order valence-corrected chi connectivity index (χ0v) is 11.9. The van der Waals surface area contributed by atoms with E-state index in [0.717, 1.165) is 25.5 Å². The first-order valence-electron chi connectivity index (χ1n) is 6.93. The zero-order chi connectivity index (χ0) is 14.7. The average molecular weight is 282 g/mol. The molecule has 1 aromatic carbocycles. The van der Waals surface area contributed by atoms with Crippen LogP contribution in [0.5, 0.6) is 0 Å². The Kier molecular flexibility index (Phi) is 4.70. The number of benzene rings is 1. The van der Waals surface area contributed by atoms with E-state index in [9.17, 15) is 13.6 Å². The normalized spacial score (nSPS) is 16.5. The molecule has 20 heavy (non-hydrogen) atoms. The Labute approximate surface area is 118 Å². The summed E-state index contributed by atoms with van der Waals surface area (Å²) in [6, 6.07) is 2.50. The van der Waals surface area contributed by atoms with Crippen molar-refractivity contribution >= 4 is 5.91 Å². The minimum Gasteiger partial charge on any atom is -0.338 e. The Morgan fingerprint density at radius 2 is 2.00 bits per heavy atom. The molecule has 1 amide bonds. The summed E-state index contributed by atoms with van der Waals surface area (Å²) in [5.74, 6) is -1.54. The van der Waals surface area contributed by atoms with Crippen LogP contribution < -0.4 is 5.32 Å². The van der Waals surface area contributed by atoms with Crippen molar-refractivity contribution < 1.29 is 13.6 Å². The van der Waals surface area contributed by atoms with Gasteiger partial charge in [0.05, 0.1) is 0 Å². The Morgan fingerprint density at radius 3 is 2.60 bits per heavy atom. The number of hydrogen-bond acceptors (Lipinski definition) is 2. The summed E-state index contributed by atoms with van der Waals surface area (Å²) < 4.78 is 27.7. The zero-order valence-electron chi connectivity index (χ0n) is 11.9. The molecule has 110 valence electrons. The monoisotopic (exact) mass is 282 g/mol. The van der Waals surface area contributed by atoms with Crippen molar-refractivity contribution in [3.8, 4) is 0 Å². The molecule has 1 fully saturated rings. The summed E-state index contributed by atoms with van der Waals surface area (Å²) in [5.41, 5.74) is -0.128. The lowest BCUT2D eigenvalue weighted by atomic mass is 9.96. The highest BCUT2D eigenvalue weighted by Crippen LogP contribution is 2.22. The third kappa shape index (κ3) is 2.98. The van der Waals surface area contributed by atoms with Gasteiger partial charge in [0, 0.05) is 13.1 Å². The van der Waals surface area contributed by atoms with E-state index in [1.165, 1.54) is 13.0 Å². The van der Waals surface area contributed by atoms with Crippen molar-refractivity contribution in [2.24, 2.45) is 5.92 Å². The molecule has 0 unspecified atom stereocenters. The molecule has 0 atom stereocenters. The summed E-state index contributed by atoms with van der Waals surface area (Å²) in [4.78, 5) is 13.8. The molecule has 1 aliphatic rings. The number of aryl methyl sites for hydroxylation is 1. The molecule has 1 N–H and O–H groups in total. The van der Waals surface area contributed by atoms with Crippen LogP contribution in [0.15, 0.2) is 12.1 Å². The number of carbonyl (C=O) groups excluding carboxylic acids is 1. The van der Waals surface area contributed by atoms with Crippen LogP contribution in [-0.4, -0.2) is 37.5 Å². The molecule has 0 spiro atoms. The molecule has 1 aromatic rings. The number of nitrogens with zero attached hydrogens (tertiary/aromatic N) is 1. The van der Waals surface area contributed by atoms with E-state index in [2.05, 4.69) is 5.32 Å². The highest BCUT2D eigenvalue weighted by Gasteiger charge is 2.27. The minimum atomic E-state index is -0.782. The van der Waals surface area contributed by atoms with Gasteiger partial charge >= 0.3 is 0 Å². The maximum absolute atomic E-state index is 14.0. The first-order chi connectivity index (χ1) is 9.54. The molecule has 0 aliphatic carbocycles. The van der Waals surface area contributed by atoms with E-state index >= 15 is 0 Å². The Hall–Kier alpha value is -1.49. The summed E-state index contributed by atoms with van der Waals surface area (Å²) in [5, 5.41) is 3.12. The van der Waals surface area contributed by atoms with E-state index in [1.807, 2.05) is 7.05 Å². The van der Waals surface area contributed by atoms with Crippen molar-refractivity contribution in [3.63, 3.8) is 0 Å². The van der Waals surface area contributed by atoms with E-state index < -0.39 is 23.1 Å². The highest BCUT2D eigenvalue weighted by molar-refractivity contribution is 5.95. The number of halogens is 2. The Bertz CT molecular complexity index is 497. The first kappa shape index (κ1) is 14.9. The molecule has 3 nitrogen and oxygen atoms in total. The molecule has 2 rings (SSSR count). The second kappa shape index (κ2) is 6.31. The van der Waals surface area contributed by atoms with Crippen LogP contribution in [0.1, 0.15) is 28.8 Å². The first-order valence-corrected chi connectivity index (χ1v) is 6.93. The lowest BCUT2D eigenvalue weighted by Crippen LogP contribution is -2.41. The lowest BCUT2D eigenvalue weighted by Gasteiger charge is -2.32. The van der Waals surface area contributed by atoms with Gasteiger partial charge in [-0.3, -0.25) is 4.79 Å². The van der Waals surface area contributed by atoms with Gasteiger partial charge in [0.25, 0.3) is 5.91 Å². The van der Waals surface area contributed by atoms with Gasteiger partial charge < -0.3 is 10.2 Å². The molecule has 1 aliphatic heterocycles. The number of amides is 1. The number of carbonyl (C=O) groups is 1. The van der Waals surface area contributed by atoms with Gasteiger partial charge in [-0.25, -0.2) is 8.78 Å². The maximum Gasteiger partial charge on any atom is 0.259 e. The molecular formula is C15H20F2N2O. The van der Waals surface area contributed by atoms with Crippen LogP contribution in [0.4, 0.5) is 8.78 Å². The summed E-state index contributed by atoms with van der Waals surface area (Å²) in [7, 11) is 1.90. The van der Waals surface area contributed by atoms with Gasteiger partial charge in [-0.1, -0.05) is 6.07 Å². The largest absolute Gasteiger partial charge is 0.338 e. The maximum atomic E-state index is 14.0. The van der Waals surface area contributed by atoms with Crippen molar-refractivity contribution in [2.75, 3.05) is 26.7 Å². The molecule has 5 heteroatoms. The second-order valence-electron chi connectivity index (χ2n) is 5.35. The fourth-order valence-electron chi connectivity index (χ4n) is 2.64. The number of nitrogens with one attached hydrogen (secondary N) is 1. The molecule has 0 saturated carbocycles. The second-order valence-corrected chi connectivity index (χ2v) is 5.35. The molecule has 1 heterocycles. The summed E-state index contributed by atoms with van der Waals surface area (Å²) in [6.45, 7) is 3.55. The quantitative estimate of drug-likeness (QED) is 0.923. The Morgan fingerprint density at radius 1 is 1.35 bits per heavy atom. The van der Waals surface area contributed by atoms with Crippen LogP contribution in [-0.2, 0) is 0 Å². The molecule has 0 radical (unpaired) electrons. The predicted octanol–water partition coefficient (Wildman–Crippen LogP) is 2.34. The van der Waals surface area contributed by atoms with Crippen LogP contribution in [0, 0.1) is 24.5 Å². The van der Waals surface area contributed by atoms with Crippen LogP contribution >= 0.6 is 0 Å². The van der Waals surface area contributed by atoms with Gasteiger partial charge in [-0.2, -0.15) is 0 Å². The molecule has 1 saturated heterocycles. The van der Waals surface area contributed by atoms with Gasteiger partial charge in [0.15, 0.2) is 0 Å². The van der Waals surface area contributed by atoms with E-state index in [0.29, 0.717) is 24.6 Å². The highest BCUT2D eigenvalue weighted by atomic mass is 19.1. The van der Waals surface area contributed by atoms with Crippen molar-refractivity contribution in [2.45, 2.75) is 19.8 Å². The molecule has 0 bridgehead atoms. The smallest absolute Gasteiger partial charge is 0.259 e. The van der Waals surface area contributed by atoms with Crippen molar-refractivity contribution in [3.05, 3.63) is 34.9 Å². The van der Waals surface area contributed by atoms with Crippen molar-refractivity contribution in [1.29, 1.82) is 0 Å². The van der Waals surface area contributed by atoms with Gasteiger partial charge in [0.2, 0.25) is 0 Å². The standard InChI is InChI=1S/C15H20F2N2O/c1-10-3-4-12(16)13(14(10)17)15(20)19-7-5-11(6-8-19)9-18-2/h3-4,11,18H,5-9H2,1-2H3. The summed E-state index contributed by atoms with van der Waals surface area (Å²) >= 11 is 0. The van der Waals surface area contributed by atoms with Crippen LogP contribution in [0.25, 0.3) is 0 Å². The lowest BCUT2D eigenvalue weighted by molar-refractivity contribution is 0.0681. The number of piperidine rings is 1. The van der Waals surface area contributed by atoms with E-state index in [1.54, 1.807) is 4.90 Å². The van der Waals surface area contributed by atoms with Gasteiger partial charge in [-0.05, 0) is 50.9 Å². The SMILES string of the molecule is CNCC1CCN(C(=O)c2c(F)ccc(C)c2F)CC1. The van der Waals surface area contributed by atoms with Crippen LogP contribution in [0.2, 0.25) is 0 Å². The molecule has 0 aromatic heterocycles.